The molecule has 0 unspecified atom stereocenters. The summed E-state index contributed by atoms with van der Waals surface area (Å²) >= 11 is 1.63. The highest BCUT2D eigenvalue weighted by Crippen LogP contribution is 2.36. The van der Waals surface area contributed by atoms with Crippen LogP contribution in [0.2, 0.25) is 0 Å². The quantitative estimate of drug-likeness (QED) is 0.0356. The highest BCUT2D eigenvalue weighted by atomic mass is 32.1. The minimum Gasteiger partial charge on any atom is -0.490 e. The van der Waals surface area contributed by atoms with Crippen molar-refractivity contribution in [2.45, 2.75) is 233 Å². The number of aromatic nitrogens is 6. The fourth-order valence-corrected chi connectivity index (χ4v) is 9.94. The molecule has 0 amide bonds. The normalized spacial score (nSPS) is 11.4. The zero-order valence-corrected chi connectivity index (χ0v) is 45.8. The third-order valence-electron chi connectivity index (χ3n) is 13.5. The molecule has 0 spiro atoms. The zero-order valence-electron chi connectivity index (χ0n) is 45.0. The molecule has 5 rings (SSSR count). The van der Waals surface area contributed by atoms with Gasteiger partial charge in [-0.1, -0.05) is 218 Å². The average molecular weight is 996 g/mol. The summed E-state index contributed by atoms with van der Waals surface area (Å²) < 4.78 is 29.2. The van der Waals surface area contributed by atoms with Crippen LogP contribution in [0.4, 0.5) is 0 Å². The van der Waals surface area contributed by atoms with Crippen molar-refractivity contribution < 1.29 is 18.9 Å². The van der Waals surface area contributed by atoms with E-state index in [-0.39, 0.29) is 0 Å². The van der Waals surface area contributed by atoms with Gasteiger partial charge in [-0.3, -0.25) is 0 Å². The van der Waals surface area contributed by atoms with E-state index >= 15 is 0 Å². The van der Waals surface area contributed by atoms with Crippen molar-refractivity contribution in [2.75, 3.05) is 26.4 Å². The molecule has 71 heavy (non-hydrogen) atoms. The first-order chi connectivity index (χ1) is 35.1. The van der Waals surface area contributed by atoms with Crippen LogP contribution in [0.25, 0.3) is 32.5 Å². The summed E-state index contributed by atoms with van der Waals surface area (Å²) in [6, 6.07) is 16.4. The third kappa shape index (κ3) is 22.5. The Kier molecular flexibility index (Phi) is 29.6. The van der Waals surface area contributed by atoms with Crippen LogP contribution in [-0.2, 0) is 0 Å². The average Bonchev–Trinajstić information content (AvgIpc) is 4.20. The number of rotatable bonds is 44. The molecule has 11 heteroatoms. The van der Waals surface area contributed by atoms with Crippen LogP contribution >= 0.6 is 11.3 Å². The van der Waals surface area contributed by atoms with E-state index in [1.165, 1.54) is 180 Å². The van der Waals surface area contributed by atoms with Gasteiger partial charge >= 0.3 is 0 Å². The molecule has 0 saturated heterocycles. The van der Waals surface area contributed by atoms with Crippen LogP contribution < -0.4 is 18.9 Å². The first kappa shape index (κ1) is 57.5. The summed E-state index contributed by atoms with van der Waals surface area (Å²) in [5.74, 6) is 3.14. The first-order valence-electron chi connectivity index (χ1n) is 28.9. The molecule has 5 aromatic rings. The van der Waals surface area contributed by atoms with Crippen molar-refractivity contribution in [1.82, 2.24) is 30.0 Å². The zero-order chi connectivity index (χ0) is 49.8. The van der Waals surface area contributed by atoms with E-state index in [4.69, 9.17) is 18.9 Å². The molecule has 0 saturated carbocycles. The van der Waals surface area contributed by atoms with Gasteiger partial charge in [-0.05, 0) is 62.1 Å². The molecule has 0 aliphatic rings. The second kappa shape index (κ2) is 36.5. The van der Waals surface area contributed by atoms with Crippen LogP contribution in [0, 0.1) is 0 Å². The van der Waals surface area contributed by atoms with Gasteiger partial charge in [0.25, 0.3) is 0 Å². The Labute approximate surface area is 434 Å². The molecule has 3 aromatic heterocycles. The van der Waals surface area contributed by atoms with Crippen LogP contribution in [0.3, 0.4) is 0 Å². The summed E-state index contributed by atoms with van der Waals surface area (Å²) in [4.78, 5) is 2.01. The molecule has 0 N–H and O–H groups in total. The Bertz CT molecular complexity index is 1950. The second-order valence-electron chi connectivity index (χ2n) is 19.8. The van der Waals surface area contributed by atoms with E-state index in [2.05, 4.69) is 60.5 Å². The van der Waals surface area contributed by atoms with Gasteiger partial charge in [-0.2, -0.15) is 0 Å². The lowest BCUT2D eigenvalue weighted by Crippen LogP contribution is -2.04. The van der Waals surface area contributed by atoms with Gasteiger partial charge in [-0.25, -0.2) is 9.36 Å². The summed E-state index contributed by atoms with van der Waals surface area (Å²) in [5, 5.41) is 18.3. The molecule has 0 aliphatic heterocycles. The van der Waals surface area contributed by atoms with Gasteiger partial charge in [0, 0.05) is 12.1 Å². The van der Waals surface area contributed by atoms with Crippen molar-refractivity contribution >= 4 is 11.3 Å². The molecule has 10 nitrogen and oxygen atoms in total. The van der Waals surface area contributed by atoms with Gasteiger partial charge < -0.3 is 18.9 Å². The number of hydrogen-bond acceptors (Lipinski definition) is 9. The van der Waals surface area contributed by atoms with Crippen LogP contribution in [0.1, 0.15) is 233 Å². The summed E-state index contributed by atoms with van der Waals surface area (Å²) in [7, 11) is 0. The van der Waals surface area contributed by atoms with E-state index in [1.807, 2.05) is 58.2 Å². The molecule has 2 aromatic carbocycles. The summed E-state index contributed by atoms with van der Waals surface area (Å²) in [5.41, 5.74) is 3.37. The van der Waals surface area contributed by atoms with Crippen LogP contribution in [0.5, 0.6) is 23.0 Å². The molecule has 3 heterocycles. The maximum Gasteiger partial charge on any atom is 0.163 e. The minimum atomic E-state index is 0.672. The summed E-state index contributed by atoms with van der Waals surface area (Å²) in [6.45, 7) is 11.8. The molecule has 0 radical (unpaired) electrons. The molecular formula is C60H94N6O4S. The first-order valence-corrected chi connectivity index (χ1v) is 29.7. The Morgan fingerprint density at radius 1 is 0.338 bits per heavy atom. The van der Waals surface area contributed by atoms with Gasteiger partial charge in [0.1, 0.15) is 11.4 Å². The van der Waals surface area contributed by atoms with Gasteiger partial charge in [0.2, 0.25) is 0 Å². The third-order valence-corrected chi connectivity index (χ3v) is 14.6. The van der Waals surface area contributed by atoms with Crippen molar-refractivity contribution in [3.05, 3.63) is 60.9 Å². The maximum absolute atomic E-state index is 6.44. The largest absolute Gasteiger partial charge is 0.490 e. The smallest absolute Gasteiger partial charge is 0.163 e. The van der Waals surface area contributed by atoms with E-state index in [9.17, 15) is 0 Å². The number of hydrogen-bond donors (Lipinski definition) is 0. The molecular weight excluding hydrogens is 901 g/mol. The second-order valence-corrected chi connectivity index (χ2v) is 20.9. The fourth-order valence-electron chi connectivity index (χ4n) is 9.03. The molecule has 0 atom stereocenters. The number of unbranched alkanes of at least 4 members (excludes halogenated alkanes) is 28. The Morgan fingerprint density at radius 3 is 0.930 bits per heavy atom. The van der Waals surface area contributed by atoms with Crippen molar-refractivity contribution in [2.24, 2.45) is 0 Å². The molecule has 394 valence electrons. The monoisotopic (exact) mass is 995 g/mol. The van der Waals surface area contributed by atoms with Gasteiger partial charge in [0.15, 0.2) is 23.0 Å². The van der Waals surface area contributed by atoms with E-state index in [0.717, 1.165) is 81.2 Å². The minimum absolute atomic E-state index is 0.672. The number of nitrogens with zero attached hydrogens (tertiary/aromatic N) is 6. The predicted octanol–water partition coefficient (Wildman–Crippen LogP) is 18.3. The highest BCUT2D eigenvalue weighted by molar-refractivity contribution is 7.18. The van der Waals surface area contributed by atoms with Gasteiger partial charge in [-0.15, -0.1) is 21.5 Å². The van der Waals surface area contributed by atoms with Crippen molar-refractivity contribution in [3.63, 3.8) is 0 Å². The number of ether oxygens (including phenoxy) is 4. The Balaban J connectivity index is 1.19. The predicted molar refractivity (Wildman–Crippen MR) is 297 cm³/mol. The molecule has 0 aliphatic carbocycles. The SMILES string of the molecule is CCCCCCCCCCOc1ccc(-n2cc(-c3ccc(-c4cn(-c5ccc(OCCCCCCCCCC)c(OCCCCCCCCCC)c5)nn4)s3)nn2)cc1OCCCCCCCCCC. The van der Waals surface area contributed by atoms with Crippen molar-refractivity contribution in [3.8, 4) is 55.5 Å². The van der Waals surface area contributed by atoms with Crippen LogP contribution in [0.15, 0.2) is 60.9 Å². The van der Waals surface area contributed by atoms with E-state index < -0.39 is 0 Å². The topological polar surface area (TPSA) is 98.3 Å². The molecule has 0 bridgehead atoms. The lowest BCUT2D eigenvalue weighted by molar-refractivity contribution is 0.258. The summed E-state index contributed by atoms with van der Waals surface area (Å²) in [6.07, 6.45) is 44.5. The van der Waals surface area contributed by atoms with Crippen LogP contribution in [-0.4, -0.2) is 56.4 Å². The number of benzene rings is 2. The van der Waals surface area contributed by atoms with E-state index in [0.29, 0.717) is 26.4 Å². The fraction of sp³-hybridized carbons (Fsp3) is 0.667. The Hall–Kier alpha value is -4.38. The maximum atomic E-state index is 6.44. The van der Waals surface area contributed by atoms with E-state index in [1.54, 1.807) is 11.3 Å². The van der Waals surface area contributed by atoms with Crippen molar-refractivity contribution in [1.29, 1.82) is 0 Å². The lowest BCUT2D eigenvalue weighted by atomic mass is 10.1. The highest BCUT2D eigenvalue weighted by Gasteiger charge is 2.16. The molecule has 0 fully saturated rings. The van der Waals surface area contributed by atoms with Gasteiger partial charge in [0.05, 0.1) is 60.0 Å². The lowest BCUT2D eigenvalue weighted by Gasteiger charge is -2.14. The number of thiophene rings is 1. The Morgan fingerprint density at radius 2 is 0.620 bits per heavy atom. The standard InChI is InChI=1S/C60H94N6O4S/c1-5-9-13-17-21-25-29-33-43-67-55-39-37-51(47-57(55)69-45-35-31-27-23-19-15-11-7-3)65-49-53(61-63-65)59-41-42-60(71-59)54-50-66(64-62-54)52-38-40-56(68-44-34-30-26-22-18-14-10-6-2)58(48-52)70-46-36-32-28-24-20-16-12-8-4/h37-42,47-50H,5-36,43-46H2,1-4H3.